The second-order valence-electron chi connectivity index (χ2n) is 8.14. The van der Waals surface area contributed by atoms with E-state index in [-0.39, 0.29) is 19.6 Å². The highest BCUT2D eigenvalue weighted by Crippen LogP contribution is 2.25. The van der Waals surface area contributed by atoms with E-state index in [0.717, 1.165) is 28.1 Å². The molecule has 1 fully saturated rings. The van der Waals surface area contributed by atoms with E-state index in [2.05, 4.69) is 36.7 Å². The first-order chi connectivity index (χ1) is 15.3. The third-order valence-corrected chi connectivity index (χ3v) is 5.18. The molecule has 32 heavy (non-hydrogen) atoms. The van der Waals surface area contributed by atoms with E-state index in [0.29, 0.717) is 12.5 Å². The van der Waals surface area contributed by atoms with Gasteiger partial charge in [0, 0.05) is 12.1 Å². The van der Waals surface area contributed by atoms with Crippen LogP contribution in [0.5, 0.6) is 5.75 Å². The largest absolute Gasteiger partial charge is 0.491 e. The number of hydrogen-bond acceptors (Lipinski definition) is 5. The Morgan fingerprint density at radius 2 is 1.84 bits per heavy atom. The maximum atomic E-state index is 6.21. The van der Waals surface area contributed by atoms with Gasteiger partial charge in [-0.1, -0.05) is 31.1 Å². The van der Waals surface area contributed by atoms with Crippen molar-refractivity contribution in [3.63, 3.8) is 0 Å². The van der Waals surface area contributed by atoms with Crippen LogP contribution in [0.25, 0.3) is 0 Å². The lowest BCUT2D eigenvalue weighted by Crippen LogP contribution is -2.46. The maximum absolute atomic E-state index is 6.21. The summed E-state index contributed by atoms with van der Waals surface area (Å²) in [6.07, 6.45) is 0.112. The van der Waals surface area contributed by atoms with Gasteiger partial charge < -0.3 is 9.64 Å². The lowest BCUT2D eigenvalue weighted by molar-refractivity contribution is -0.314. The molecule has 0 saturated carbocycles. The number of hydrogen-bond donors (Lipinski definition) is 1. The molecule has 0 atom stereocenters. The first-order valence-corrected chi connectivity index (χ1v) is 13.1. The highest BCUT2D eigenvalue weighted by Gasteiger charge is 2.22. The standard InChI is InChI=1S/C24H31N4O3Si/c1-18(2)31-23-11-10-22(14-19(23)3)26-24-27(16-29-30-17-28(24)25)15-21-8-6-20(7-9-21)12-13-32(4)5/h6-11,14,18H,15-17,25H2,1-5H3. The molecule has 0 aromatic heterocycles. The van der Waals surface area contributed by atoms with E-state index >= 15 is 0 Å². The molecule has 0 amide bonds. The molecular formula is C24H31N4O3Si. The monoisotopic (exact) mass is 451 g/mol. The van der Waals surface area contributed by atoms with Gasteiger partial charge in [0.15, 0.2) is 13.5 Å². The fourth-order valence-electron chi connectivity index (χ4n) is 3.06. The van der Waals surface area contributed by atoms with Crippen molar-refractivity contribution in [2.75, 3.05) is 13.5 Å². The van der Waals surface area contributed by atoms with Gasteiger partial charge in [-0.2, -0.15) is 0 Å². The van der Waals surface area contributed by atoms with Crippen molar-refractivity contribution < 1.29 is 14.5 Å². The van der Waals surface area contributed by atoms with Crippen molar-refractivity contribution >= 4 is 20.4 Å². The fraction of sp³-hybridized carbons (Fsp3) is 0.375. The van der Waals surface area contributed by atoms with Crippen molar-refractivity contribution in [3.05, 3.63) is 59.2 Å². The Morgan fingerprint density at radius 1 is 1.12 bits per heavy atom. The number of aryl methyl sites for hydroxylation is 1. The summed E-state index contributed by atoms with van der Waals surface area (Å²) in [5, 5.41) is 1.44. The Balaban J connectivity index is 1.83. The number of nitrogens with two attached hydrogens (primary N) is 1. The number of nitrogens with zero attached hydrogens (tertiary/aromatic N) is 3. The summed E-state index contributed by atoms with van der Waals surface area (Å²) in [6.45, 7) is 11.2. The van der Waals surface area contributed by atoms with Crippen LogP contribution >= 0.6 is 0 Å². The van der Waals surface area contributed by atoms with E-state index in [9.17, 15) is 0 Å². The zero-order valence-electron chi connectivity index (χ0n) is 19.4. The third kappa shape index (κ3) is 6.84. The lowest BCUT2D eigenvalue weighted by Gasteiger charge is -2.26. The van der Waals surface area contributed by atoms with E-state index in [1.807, 2.05) is 56.0 Å². The maximum Gasteiger partial charge on any atom is 0.220 e. The number of hydrazine groups is 1. The molecule has 1 aliphatic rings. The molecule has 0 bridgehead atoms. The van der Waals surface area contributed by atoms with Crippen molar-refractivity contribution in [1.82, 2.24) is 9.91 Å². The average molecular weight is 452 g/mol. The zero-order valence-corrected chi connectivity index (χ0v) is 20.4. The van der Waals surface area contributed by atoms with Gasteiger partial charge in [-0.25, -0.2) is 20.6 Å². The highest BCUT2D eigenvalue weighted by atomic mass is 28.3. The molecule has 8 heteroatoms. The molecule has 1 heterocycles. The van der Waals surface area contributed by atoms with E-state index in [1.54, 1.807) is 0 Å². The average Bonchev–Trinajstić information content (AvgIpc) is 2.91. The Labute approximate surface area is 192 Å². The lowest BCUT2D eigenvalue weighted by atomic mass is 10.1. The van der Waals surface area contributed by atoms with Crippen LogP contribution in [0.3, 0.4) is 0 Å². The summed E-state index contributed by atoms with van der Waals surface area (Å²) < 4.78 is 5.83. The number of guanidine groups is 1. The van der Waals surface area contributed by atoms with Crippen molar-refractivity contribution in [3.8, 4) is 17.2 Å². The van der Waals surface area contributed by atoms with Crippen molar-refractivity contribution in [2.24, 2.45) is 10.8 Å². The van der Waals surface area contributed by atoms with Crippen LogP contribution in [0.4, 0.5) is 5.69 Å². The van der Waals surface area contributed by atoms with Gasteiger partial charge in [0.25, 0.3) is 0 Å². The quantitative estimate of drug-likeness (QED) is 0.321. The van der Waals surface area contributed by atoms with Gasteiger partial charge >= 0.3 is 0 Å². The summed E-state index contributed by atoms with van der Waals surface area (Å²) in [5.74, 6) is 10.9. The van der Waals surface area contributed by atoms with Crippen molar-refractivity contribution in [1.29, 1.82) is 0 Å². The molecule has 3 rings (SSSR count). The minimum absolute atomic E-state index is 0.0788. The van der Waals surface area contributed by atoms with Gasteiger partial charge in [0.05, 0.1) is 11.8 Å². The molecule has 1 saturated heterocycles. The summed E-state index contributed by atoms with van der Waals surface area (Å²) in [4.78, 5) is 17.1. The minimum atomic E-state index is -0.566. The second kappa shape index (κ2) is 11.2. The second-order valence-corrected chi connectivity index (χ2v) is 10.4. The van der Waals surface area contributed by atoms with Crippen LogP contribution in [0, 0.1) is 18.4 Å². The number of rotatable bonds is 5. The molecule has 2 aromatic carbocycles. The Hall–Kier alpha value is -2.83. The molecule has 2 aromatic rings. The highest BCUT2D eigenvalue weighted by molar-refractivity contribution is 6.64. The van der Waals surface area contributed by atoms with Crippen LogP contribution in [-0.2, 0) is 16.3 Å². The fourth-order valence-corrected chi connectivity index (χ4v) is 3.45. The molecule has 7 nitrogen and oxygen atoms in total. The first kappa shape index (κ1) is 23.8. The molecule has 1 aliphatic heterocycles. The Morgan fingerprint density at radius 3 is 2.50 bits per heavy atom. The van der Waals surface area contributed by atoms with E-state index < -0.39 is 8.80 Å². The molecule has 0 unspecified atom stereocenters. The van der Waals surface area contributed by atoms with Gasteiger partial charge in [-0.15, -0.1) is 5.54 Å². The molecule has 2 N–H and O–H groups in total. The number of aliphatic imine (C=N–C) groups is 1. The zero-order chi connectivity index (χ0) is 23.1. The Bertz CT molecular complexity index is 997. The van der Waals surface area contributed by atoms with Crippen LogP contribution < -0.4 is 10.6 Å². The van der Waals surface area contributed by atoms with Gasteiger partial charge in [0.1, 0.15) is 14.5 Å². The summed E-state index contributed by atoms with van der Waals surface area (Å²) in [7, 11) is -0.566. The van der Waals surface area contributed by atoms with Crippen LogP contribution in [0.15, 0.2) is 47.5 Å². The van der Waals surface area contributed by atoms with Crippen molar-refractivity contribution in [2.45, 2.75) is 46.5 Å². The van der Waals surface area contributed by atoms with Gasteiger partial charge in [0.2, 0.25) is 5.96 Å². The first-order valence-electron chi connectivity index (χ1n) is 10.6. The summed E-state index contributed by atoms with van der Waals surface area (Å²) >= 11 is 0. The van der Waals surface area contributed by atoms with Crippen LogP contribution in [0.1, 0.15) is 30.5 Å². The molecular weight excluding hydrogens is 420 g/mol. The summed E-state index contributed by atoms with van der Waals surface area (Å²) in [6, 6.07) is 14.0. The molecule has 1 radical (unpaired) electrons. The number of benzene rings is 2. The predicted octanol–water partition coefficient (Wildman–Crippen LogP) is 3.97. The SMILES string of the molecule is Cc1cc(N=C2N(N)COOCN2Cc2ccc(C#C[Si](C)C)cc2)ccc1OC(C)C. The van der Waals surface area contributed by atoms with Gasteiger partial charge in [-0.3, -0.25) is 5.01 Å². The normalized spacial score (nSPS) is 15.7. The number of ether oxygens (including phenoxy) is 1. The molecule has 0 spiro atoms. The summed E-state index contributed by atoms with van der Waals surface area (Å²) in [5.41, 5.74) is 7.18. The minimum Gasteiger partial charge on any atom is -0.491 e. The predicted molar refractivity (Wildman–Crippen MR) is 128 cm³/mol. The van der Waals surface area contributed by atoms with Gasteiger partial charge in [-0.05, 0) is 62.2 Å². The third-order valence-electron chi connectivity index (χ3n) is 4.56. The molecule has 169 valence electrons. The van der Waals surface area contributed by atoms with E-state index in [4.69, 9.17) is 25.3 Å². The smallest absolute Gasteiger partial charge is 0.220 e. The van der Waals surface area contributed by atoms with Crippen LogP contribution in [-0.4, -0.2) is 44.2 Å². The Kier molecular flexibility index (Phi) is 8.31. The molecule has 0 aliphatic carbocycles. The van der Waals surface area contributed by atoms with Crippen LogP contribution in [0.2, 0.25) is 13.1 Å². The topological polar surface area (TPSA) is 72.5 Å². The van der Waals surface area contributed by atoms with E-state index in [1.165, 1.54) is 5.01 Å².